The van der Waals surface area contributed by atoms with Crippen molar-refractivity contribution >= 4 is 0 Å². The second-order valence-electron chi connectivity index (χ2n) is 0. The molecule has 0 saturated heterocycles. The molecule has 0 radical (unpaired) electrons. The van der Waals surface area contributed by atoms with E-state index in [0.717, 1.165) is 0 Å². The molecule has 0 aliphatic carbocycles. The molecule has 0 heterocycles. The number of hydrogen-bond acceptors (Lipinski definition) is 0. The normalized spacial score (nSPS) is 0. The van der Waals surface area contributed by atoms with E-state index in [2.05, 4.69) is 0 Å². The van der Waals surface area contributed by atoms with Crippen molar-refractivity contribution in [3.8, 4) is 0 Å². The summed E-state index contributed by atoms with van der Waals surface area (Å²) in [5.74, 6) is 0. The van der Waals surface area contributed by atoms with E-state index in [-0.39, 0.29) is 297 Å². The van der Waals surface area contributed by atoms with E-state index >= 15 is 0 Å². The largest absolute Gasteiger partial charge is 3.00 e. The van der Waals surface area contributed by atoms with E-state index < -0.39 is 0 Å². The maximum atomic E-state index is 0. The van der Waals surface area contributed by atoms with E-state index in [1.165, 1.54) is 0 Å². The van der Waals surface area contributed by atoms with E-state index in [0.29, 0.717) is 0 Å². The van der Waals surface area contributed by atoms with Gasteiger partial charge in [-0.25, -0.2) is 0 Å². The van der Waals surface area contributed by atoms with E-state index in [9.17, 15) is 0 Å². The van der Waals surface area contributed by atoms with Gasteiger partial charge in [-0.15, -0.1) is 0 Å². The number of rotatable bonds is 0. The van der Waals surface area contributed by atoms with Crippen molar-refractivity contribution in [3.05, 3.63) is 0 Å². The molecular weight excluding hydrogens is 989 g/mol. The Hall–Kier alpha value is 7.82. The summed E-state index contributed by atoms with van der Waals surface area (Å²) >= 11 is 0. The van der Waals surface area contributed by atoms with Crippen LogP contribution in [0.2, 0.25) is 0 Å². The van der Waals surface area contributed by atoms with Crippen molar-refractivity contribution in [1.82, 2.24) is 0 Å². The van der Waals surface area contributed by atoms with Gasteiger partial charge in [-0.1, -0.05) is 0 Å². The zero-order valence-electron chi connectivity index (χ0n) is 7.14. The first-order chi connectivity index (χ1) is 0. The van der Waals surface area contributed by atoms with Gasteiger partial charge in [0.1, 0.15) is 0 Å². The third-order valence-corrected chi connectivity index (χ3v) is 0. The van der Waals surface area contributed by atoms with Gasteiger partial charge in [0, 0.05) is 0 Å². The average molecular weight is 989 g/mol. The summed E-state index contributed by atoms with van der Waals surface area (Å²) in [7, 11) is 0. The second-order valence-corrected chi connectivity index (χ2v) is 0. The Bertz CT molecular complexity index is 14.6. The van der Waals surface area contributed by atoms with Crippen molar-refractivity contribution in [2.24, 2.45) is 0 Å². The van der Waals surface area contributed by atoms with Crippen LogP contribution in [0.25, 0.3) is 0 Å². The van der Waals surface area contributed by atoms with Crippen molar-refractivity contribution in [2.45, 2.75) is 0 Å². The zero-order valence-corrected chi connectivity index (χ0v) is 29.4. The monoisotopic (exact) mass is 989 g/mol. The Labute approximate surface area is 287 Å². The minimum Gasteiger partial charge on any atom is -2.00 e. The molecule has 0 rings (SSSR count). The molecule has 0 aromatic carbocycles. The fraction of sp³-hybridized carbons (Fsp3) is 0. The molecule has 0 aliphatic rings. The van der Waals surface area contributed by atoms with Crippen LogP contribution >= 0.6 is 0 Å². The van der Waals surface area contributed by atoms with Crippen LogP contribution in [0.1, 0.15) is 0 Å². The molecule has 0 spiro atoms. The summed E-state index contributed by atoms with van der Waals surface area (Å²) in [5, 5.41) is 0. The zero-order chi connectivity index (χ0) is 0. The van der Waals surface area contributed by atoms with Gasteiger partial charge in [-0.05, 0) is 0 Å². The van der Waals surface area contributed by atoms with Crippen LogP contribution in [0.4, 0.5) is 0 Å². The van der Waals surface area contributed by atoms with Gasteiger partial charge in [-0.2, -0.15) is 0 Å². The van der Waals surface area contributed by atoms with E-state index in [4.69, 9.17) is 0 Å². The smallest absolute Gasteiger partial charge is 2.00 e. The Morgan fingerprint density at radius 1 is 0.133 bits per heavy atom. The average Bonchev–Trinajstić information content (AvgIpc) is 0. The molecule has 0 fully saturated rings. The van der Waals surface area contributed by atoms with Gasteiger partial charge in [0.15, 0.2) is 0 Å². The summed E-state index contributed by atoms with van der Waals surface area (Å²) in [6.07, 6.45) is 0. The van der Waals surface area contributed by atoms with Crippen molar-refractivity contribution in [1.29, 1.82) is 0 Å². The van der Waals surface area contributed by atoms with Crippen molar-refractivity contribution < 1.29 is 297 Å². The van der Waals surface area contributed by atoms with Gasteiger partial charge in [0.05, 0.1) is 0 Å². The van der Waals surface area contributed by atoms with Gasteiger partial charge < -0.3 is 49.3 Å². The summed E-state index contributed by atoms with van der Waals surface area (Å²) < 4.78 is 0. The minimum absolute atomic E-state index is 0. The van der Waals surface area contributed by atoms with Gasteiger partial charge in [0.25, 0.3) is 0 Å². The Morgan fingerprint density at radius 2 is 0.133 bits per heavy atom. The standard InChI is InChI=1S/9O.6Pr/q9*-2;6*+3. The molecule has 9 nitrogen and oxygen atoms in total. The first-order valence-corrected chi connectivity index (χ1v) is 0. The van der Waals surface area contributed by atoms with Gasteiger partial charge in [0.2, 0.25) is 0 Å². The van der Waals surface area contributed by atoms with Crippen LogP contribution in [-0.2, 0) is 49.3 Å². The predicted molar refractivity (Wildman–Crippen MR) is 6.18 cm³/mol. The topological polar surface area (TPSA) is 256 Å². The molecule has 15 heavy (non-hydrogen) atoms. The molecule has 0 aromatic heterocycles. The third kappa shape index (κ3) is 140. The molecule has 0 amide bonds. The van der Waals surface area contributed by atoms with Crippen LogP contribution in [0, 0.1) is 248 Å². The fourth-order valence-corrected chi connectivity index (χ4v) is 0. The van der Waals surface area contributed by atoms with Crippen molar-refractivity contribution in [3.63, 3.8) is 0 Å². The fourth-order valence-electron chi connectivity index (χ4n) is 0. The maximum absolute atomic E-state index is 0. The van der Waals surface area contributed by atoms with E-state index in [1.807, 2.05) is 0 Å². The van der Waals surface area contributed by atoms with Gasteiger partial charge in [-0.3, -0.25) is 0 Å². The summed E-state index contributed by atoms with van der Waals surface area (Å²) in [6.45, 7) is 0. The molecule has 72 valence electrons. The predicted octanol–water partition coefficient (Wildman–Crippen LogP) is -1.07. The summed E-state index contributed by atoms with van der Waals surface area (Å²) in [4.78, 5) is 0. The summed E-state index contributed by atoms with van der Waals surface area (Å²) in [5.41, 5.74) is 0. The third-order valence-electron chi connectivity index (χ3n) is 0. The van der Waals surface area contributed by atoms with Gasteiger partial charge >= 0.3 is 248 Å². The molecular formula is O9Pr6. The Kier molecular flexibility index (Phi) is 1830. The van der Waals surface area contributed by atoms with Crippen LogP contribution in [0.3, 0.4) is 0 Å². The molecule has 0 aromatic rings. The molecule has 0 unspecified atom stereocenters. The van der Waals surface area contributed by atoms with Crippen LogP contribution in [-0.4, -0.2) is 0 Å². The summed E-state index contributed by atoms with van der Waals surface area (Å²) in [6, 6.07) is 0. The van der Waals surface area contributed by atoms with Crippen LogP contribution < -0.4 is 0 Å². The molecule has 0 atom stereocenters. The van der Waals surface area contributed by atoms with Crippen LogP contribution in [0.5, 0.6) is 0 Å². The quantitative estimate of drug-likeness (QED) is 0.281. The molecule has 0 bridgehead atoms. The molecule has 0 saturated carbocycles. The number of hydrogen-bond donors (Lipinski definition) is 0. The first-order valence-electron chi connectivity index (χ1n) is 0. The SMILES string of the molecule is [O-2].[O-2].[O-2].[O-2].[O-2].[O-2].[O-2].[O-2].[O-2].[Pr+3].[Pr+3].[Pr+3].[Pr+3].[Pr+3].[Pr+3]. The molecule has 15 heteroatoms. The Balaban J connectivity index is 0. The van der Waals surface area contributed by atoms with Crippen molar-refractivity contribution in [2.75, 3.05) is 0 Å². The van der Waals surface area contributed by atoms with E-state index in [1.54, 1.807) is 0 Å². The minimum atomic E-state index is 0. The maximum Gasteiger partial charge on any atom is 3.00 e. The first kappa shape index (κ1) is 178. The second kappa shape index (κ2) is 155. The molecule has 0 N–H and O–H groups in total. The Morgan fingerprint density at radius 3 is 0.133 bits per heavy atom. The van der Waals surface area contributed by atoms with Crippen LogP contribution in [0.15, 0.2) is 0 Å². The molecule has 0 aliphatic heterocycles.